The Labute approximate surface area is 115 Å². The van der Waals surface area contributed by atoms with Crippen LogP contribution in [0.15, 0.2) is 16.6 Å². The predicted molar refractivity (Wildman–Crippen MR) is 75.9 cm³/mol. The van der Waals surface area contributed by atoms with Gasteiger partial charge in [-0.3, -0.25) is 0 Å². The van der Waals surface area contributed by atoms with E-state index in [-0.39, 0.29) is 11.9 Å². The van der Waals surface area contributed by atoms with Gasteiger partial charge >= 0.3 is 0 Å². The molecule has 94 valence electrons. The van der Waals surface area contributed by atoms with Crippen molar-refractivity contribution < 1.29 is 4.39 Å². The molecule has 1 aliphatic rings. The molecule has 0 fully saturated rings. The summed E-state index contributed by atoms with van der Waals surface area (Å²) in [5.74, 6) is 0.692. The molecule has 0 amide bonds. The van der Waals surface area contributed by atoms with Crippen molar-refractivity contribution in [3.05, 3.63) is 33.5 Å². The largest absolute Gasteiger partial charge is 0.309 e. The molecule has 1 aromatic carbocycles. The molecule has 1 aromatic rings. The molecule has 1 aliphatic heterocycles. The van der Waals surface area contributed by atoms with Gasteiger partial charge in [0.25, 0.3) is 0 Å². The van der Waals surface area contributed by atoms with E-state index in [1.807, 2.05) is 11.8 Å². The highest BCUT2D eigenvalue weighted by Crippen LogP contribution is 2.39. The third kappa shape index (κ3) is 2.85. The normalized spacial score (nSPS) is 23.5. The fraction of sp³-hybridized carbons (Fsp3) is 0.538. The SMILES string of the molecule is CCCNC1c2cc(Br)cc(F)c2CSC1C. The van der Waals surface area contributed by atoms with E-state index in [0.29, 0.717) is 5.25 Å². The van der Waals surface area contributed by atoms with Crippen molar-refractivity contribution in [3.8, 4) is 0 Å². The standard InChI is InChI=1S/C13H17BrFNS/c1-3-4-16-13-8(2)17-7-11-10(13)5-9(14)6-12(11)15/h5-6,8,13,16H,3-4,7H2,1-2H3. The van der Waals surface area contributed by atoms with Crippen molar-refractivity contribution in [2.45, 2.75) is 37.3 Å². The molecule has 0 aromatic heterocycles. The van der Waals surface area contributed by atoms with Crippen molar-refractivity contribution in [2.24, 2.45) is 0 Å². The maximum atomic E-state index is 13.9. The minimum absolute atomic E-state index is 0.0860. The highest BCUT2D eigenvalue weighted by molar-refractivity contribution is 9.10. The minimum Gasteiger partial charge on any atom is -0.309 e. The molecule has 0 saturated heterocycles. The van der Waals surface area contributed by atoms with Gasteiger partial charge in [0.15, 0.2) is 0 Å². The number of rotatable bonds is 3. The number of hydrogen-bond acceptors (Lipinski definition) is 2. The summed E-state index contributed by atoms with van der Waals surface area (Å²) in [5, 5.41) is 4.01. The Hall–Kier alpha value is -0.0600. The van der Waals surface area contributed by atoms with Crippen molar-refractivity contribution in [3.63, 3.8) is 0 Å². The summed E-state index contributed by atoms with van der Waals surface area (Å²) in [7, 11) is 0. The first-order chi connectivity index (χ1) is 8.13. The zero-order valence-electron chi connectivity index (χ0n) is 10.1. The Morgan fingerprint density at radius 3 is 3.00 bits per heavy atom. The molecular formula is C13H17BrFNS. The van der Waals surface area contributed by atoms with Crippen molar-refractivity contribution in [1.82, 2.24) is 5.32 Å². The van der Waals surface area contributed by atoms with Gasteiger partial charge < -0.3 is 5.32 Å². The molecule has 1 heterocycles. The average Bonchev–Trinajstić information content (AvgIpc) is 2.27. The molecule has 1 N–H and O–H groups in total. The van der Waals surface area contributed by atoms with E-state index in [1.54, 1.807) is 6.07 Å². The van der Waals surface area contributed by atoms with E-state index in [1.165, 1.54) is 0 Å². The van der Waals surface area contributed by atoms with E-state index in [2.05, 4.69) is 41.2 Å². The van der Waals surface area contributed by atoms with Crippen LogP contribution in [0.3, 0.4) is 0 Å². The van der Waals surface area contributed by atoms with Crippen LogP contribution in [0.4, 0.5) is 4.39 Å². The number of thioether (sulfide) groups is 1. The van der Waals surface area contributed by atoms with Crippen molar-refractivity contribution in [2.75, 3.05) is 6.54 Å². The molecule has 2 rings (SSSR count). The fourth-order valence-corrected chi connectivity index (χ4v) is 3.81. The lowest BCUT2D eigenvalue weighted by Gasteiger charge is -2.32. The Bertz CT molecular complexity index is 411. The summed E-state index contributed by atoms with van der Waals surface area (Å²) < 4.78 is 14.7. The lowest BCUT2D eigenvalue weighted by Crippen LogP contribution is -2.32. The summed E-state index contributed by atoms with van der Waals surface area (Å²) in [4.78, 5) is 0. The molecule has 1 nitrogen and oxygen atoms in total. The van der Waals surface area contributed by atoms with Gasteiger partial charge in [-0.1, -0.05) is 29.8 Å². The van der Waals surface area contributed by atoms with Crippen LogP contribution in [0.5, 0.6) is 0 Å². The smallest absolute Gasteiger partial charge is 0.128 e. The quantitative estimate of drug-likeness (QED) is 0.893. The van der Waals surface area contributed by atoms with Crippen LogP contribution in [0.2, 0.25) is 0 Å². The lowest BCUT2D eigenvalue weighted by atomic mass is 9.97. The van der Waals surface area contributed by atoms with Crippen LogP contribution in [0, 0.1) is 5.82 Å². The summed E-state index contributed by atoms with van der Waals surface area (Å²) in [6.45, 7) is 5.33. The highest BCUT2D eigenvalue weighted by atomic mass is 79.9. The average molecular weight is 318 g/mol. The van der Waals surface area contributed by atoms with Crippen molar-refractivity contribution >= 4 is 27.7 Å². The lowest BCUT2D eigenvalue weighted by molar-refractivity contribution is 0.512. The van der Waals surface area contributed by atoms with Crippen LogP contribution >= 0.6 is 27.7 Å². The fourth-order valence-electron chi connectivity index (χ4n) is 2.19. The van der Waals surface area contributed by atoms with E-state index in [0.717, 1.165) is 34.3 Å². The number of benzene rings is 1. The molecule has 4 heteroatoms. The second-order valence-electron chi connectivity index (χ2n) is 4.40. The van der Waals surface area contributed by atoms with Crippen LogP contribution in [0.1, 0.15) is 37.4 Å². The summed E-state index contributed by atoms with van der Waals surface area (Å²) in [6.07, 6.45) is 1.10. The van der Waals surface area contributed by atoms with Gasteiger partial charge in [0.05, 0.1) is 0 Å². The molecule has 0 saturated carbocycles. The maximum absolute atomic E-state index is 13.9. The molecular weight excluding hydrogens is 301 g/mol. The van der Waals surface area contributed by atoms with E-state index in [9.17, 15) is 4.39 Å². The van der Waals surface area contributed by atoms with Gasteiger partial charge in [-0.2, -0.15) is 11.8 Å². The number of hydrogen-bond donors (Lipinski definition) is 1. The highest BCUT2D eigenvalue weighted by Gasteiger charge is 2.28. The Morgan fingerprint density at radius 1 is 1.53 bits per heavy atom. The Morgan fingerprint density at radius 2 is 2.29 bits per heavy atom. The Kier molecular flexibility index (Phi) is 4.50. The second kappa shape index (κ2) is 5.72. The zero-order valence-corrected chi connectivity index (χ0v) is 12.5. The van der Waals surface area contributed by atoms with E-state index in [4.69, 9.17) is 0 Å². The molecule has 0 aliphatic carbocycles. The van der Waals surface area contributed by atoms with Gasteiger partial charge in [0.2, 0.25) is 0 Å². The number of nitrogens with one attached hydrogen (secondary N) is 1. The third-order valence-electron chi connectivity index (χ3n) is 3.10. The summed E-state index contributed by atoms with van der Waals surface area (Å²) in [5.41, 5.74) is 1.99. The van der Waals surface area contributed by atoms with Crippen LogP contribution in [0.25, 0.3) is 0 Å². The van der Waals surface area contributed by atoms with Gasteiger partial charge in [-0.25, -0.2) is 4.39 Å². The van der Waals surface area contributed by atoms with Gasteiger partial charge in [-0.05, 0) is 30.7 Å². The first kappa shape index (κ1) is 13.4. The monoisotopic (exact) mass is 317 g/mol. The maximum Gasteiger partial charge on any atom is 0.128 e. The Balaban J connectivity index is 2.36. The van der Waals surface area contributed by atoms with Crippen molar-refractivity contribution in [1.29, 1.82) is 0 Å². The second-order valence-corrected chi connectivity index (χ2v) is 6.68. The first-order valence-corrected chi connectivity index (χ1v) is 7.80. The zero-order chi connectivity index (χ0) is 12.4. The van der Waals surface area contributed by atoms with E-state index < -0.39 is 0 Å². The molecule has 17 heavy (non-hydrogen) atoms. The van der Waals surface area contributed by atoms with Gasteiger partial charge in [-0.15, -0.1) is 0 Å². The third-order valence-corrected chi connectivity index (χ3v) is 4.82. The molecule has 2 atom stereocenters. The first-order valence-electron chi connectivity index (χ1n) is 5.96. The molecule has 0 spiro atoms. The predicted octanol–water partition coefficient (Wildman–Crippen LogP) is 4.26. The number of halogens is 2. The van der Waals surface area contributed by atoms with Crippen LogP contribution in [-0.4, -0.2) is 11.8 Å². The molecule has 0 radical (unpaired) electrons. The summed E-state index contributed by atoms with van der Waals surface area (Å²) in [6, 6.07) is 3.88. The topological polar surface area (TPSA) is 12.0 Å². The molecule has 0 bridgehead atoms. The molecule has 2 unspecified atom stereocenters. The van der Waals surface area contributed by atoms with Gasteiger partial charge in [0.1, 0.15) is 5.82 Å². The summed E-state index contributed by atoms with van der Waals surface area (Å²) >= 11 is 5.20. The minimum atomic E-state index is -0.0860. The van der Waals surface area contributed by atoms with Gasteiger partial charge in [0, 0.05) is 27.1 Å². The van der Waals surface area contributed by atoms with Crippen LogP contribution < -0.4 is 5.32 Å². The van der Waals surface area contributed by atoms with Crippen LogP contribution in [-0.2, 0) is 5.75 Å². The number of fused-ring (bicyclic) bond motifs is 1. The van der Waals surface area contributed by atoms with E-state index >= 15 is 0 Å².